The third kappa shape index (κ3) is 4.57. The van der Waals surface area contributed by atoms with Gasteiger partial charge in [0.2, 0.25) is 5.75 Å². The molecule has 5 nitrogen and oxygen atoms in total. The summed E-state index contributed by atoms with van der Waals surface area (Å²) in [5, 5.41) is 9.93. The van der Waals surface area contributed by atoms with Crippen LogP contribution in [0.25, 0.3) is 6.08 Å². The SMILES string of the molecule is COc1cc(/C=C/C(=O)Oc2cc(C)ccc2C(C)C)cc(OC)c1O. The zero-order valence-electron chi connectivity index (χ0n) is 15.7. The van der Waals surface area contributed by atoms with E-state index in [0.29, 0.717) is 11.3 Å². The number of esters is 1. The number of hydrogen-bond acceptors (Lipinski definition) is 5. The van der Waals surface area contributed by atoms with Gasteiger partial charge in [-0.1, -0.05) is 26.0 Å². The summed E-state index contributed by atoms with van der Waals surface area (Å²) < 4.78 is 15.7. The van der Waals surface area contributed by atoms with E-state index in [2.05, 4.69) is 0 Å². The van der Waals surface area contributed by atoms with Crippen LogP contribution in [-0.2, 0) is 4.79 Å². The molecule has 0 saturated heterocycles. The quantitative estimate of drug-likeness (QED) is 0.470. The number of rotatable bonds is 6. The average Bonchev–Trinajstić information content (AvgIpc) is 2.60. The fraction of sp³-hybridized carbons (Fsp3) is 0.286. The van der Waals surface area contributed by atoms with Gasteiger partial charge >= 0.3 is 5.97 Å². The number of phenols is 1. The second kappa shape index (κ2) is 8.43. The zero-order valence-corrected chi connectivity index (χ0v) is 15.7. The van der Waals surface area contributed by atoms with E-state index in [4.69, 9.17) is 14.2 Å². The van der Waals surface area contributed by atoms with Crippen LogP contribution in [0.3, 0.4) is 0 Å². The summed E-state index contributed by atoms with van der Waals surface area (Å²) in [6, 6.07) is 9.04. The van der Waals surface area contributed by atoms with Crippen LogP contribution in [0.1, 0.15) is 36.5 Å². The molecule has 0 bridgehead atoms. The van der Waals surface area contributed by atoms with Gasteiger partial charge in [0.05, 0.1) is 14.2 Å². The molecule has 0 aliphatic rings. The van der Waals surface area contributed by atoms with Crippen LogP contribution in [0.15, 0.2) is 36.4 Å². The summed E-state index contributed by atoms with van der Waals surface area (Å²) in [6.45, 7) is 6.05. The van der Waals surface area contributed by atoms with Crippen LogP contribution in [0.5, 0.6) is 23.0 Å². The zero-order chi connectivity index (χ0) is 19.3. The fourth-order valence-electron chi connectivity index (χ4n) is 2.52. The number of aromatic hydroxyl groups is 1. The normalized spacial score (nSPS) is 11.0. The van der Waals surface area contributed by atoms with Gasteiger partial charge in [0.25, 0.3) is 0 Å². The first-order valence-corrected chi connectivity index (χ1v) is 8.31. The Morgan fingerprint density at radius 2 is 1.65 bits per heavy atom. The Hall–Kier alpha value is -2.95. The van der Waals surface area contributed by atoms with E-state index in [9.17, 15) is 9.90 Å². The van der Waals surface area contributed by atoms with Gasteiger partial charge < -0.3 is 19.3 Å². The Morgan fingerprint density at radius 3 is 2.19 bits per heavy atom. The molecule has 0 aromatic heterocycles. The largest absolute Gasteiger partial charge is 0.502 e. The highest BCUT2D eigenvalue weighted by molar-refractivity contribution is 5.89. The second-order valence-electron chi connectivity index (χ2n) is 6.22. The molecule has 0 unspecified atom stereocenters. The molecular formula is C21H24O5. The van der Waals surface area contributed by atoms with Crippen molar-refractivity contribution in [3.8, 4) is 23.0 Å². The Kier molecular flexibility index (Phi) is 6.28. The van der Waals surface area contributed by atoms with Crippen LogP contribution in [0.2, 0.25) is 0 Å². The Bertz CT molecular complexity index is 796. The third-order valence-electron chi connectivity index (χ3n) is 3.92. The van der Waals surface area contributed by atoms with Crippen LogP contribution in [0.4, 0.5) is 0 Å². The average molecular weight is 356 g/mol. The number of phenolic OH excluding ortho intramolecular Hbond substituents is 1. The van der Waals surface area contributed by atoms with Crippen molar-refractivity contribution in [2.45, 2.75) is 26.7 Å². The van der Waals surface area contributed by atoms with E-state index in [1.807, 2.05) is 39.0 Å². The molecule has 1 N–H and O–H groups in total. The number of methoxy groups -OCH3 is 2. The topological polar surface area (TPSA) is 65.0 Å². The number of aryl methyl sites for hydroxylation is 1. The van der Waals surface area contributed by atoms with Crippen LogP contribution >= 0.6 is 0 Å². The van der Waals surface area contributed by atoms with Crippen LogP contribution < -0.4 is 14.2 Å². The third-order valence-corrected chi connectivity index (χ3v) is 3.92. The molecule has 26 heavy (non-hydrogen) atoms. The van der Waals surface area contributed by atoms with Crippen molar-refractivity contribution in [1.29, 1.82) is 0 Å². The Morgan fingerprint density at radius 1 is 1.04 bits per heavy atom. The first-order chi connectivity index (χ1) is 12.3. The lowest BCUT2D eigenvalue weighted by molar-refractivity contribution is -0.128. The summed E-state index contributed by atoms with van der Waals surface area (Å²) >= 11 is 0. The number of hydrogen-bond donors (Lipinski definition) is 1. The molecule has 2 aromatic rings. The van der Waals surface area contributed by atoms with Crippen molar-refractivity contribution < 1.29 is 24.1 Å². The molecule has 0 heterocycles. The van der Waals surface area contributed by atoms with Gasteiger partial charge in [-0.3, -0.25) is 0 Å². The molecule has 0 fully saturated rings. The lowest BCUT2D eigenvalue weighted by atomic mass is 10.0. The minimum atomic E-state index is -0.483. The van der Waals surface area contributed by atoms with E-state index >= 15 is 0 Å². The van der Waals surface area contributed by atoms with Gasteiger partial charge in [-0.05, 0) is 53.8 Å². The van der Waals surface area contributed by atoms with Crippen molar-refractivity contribution in [2.75, 3.05) is 14.2 Å². The van der Waals surface area contributed by atoms with Crippen molar-refractivity contribution in [2.24, 2.45) is 0 Å². The smallest absolute Gasteiger partial charge is 0.336 e. The van der Waals surface area contributed by atoms with Crippen molar-refractivity contribution in [1.82, 2.24) is 0 Å². The van der Waals surface area contributed by atoms with Gasteiger partial charge in [-0.2, -0.15) is 0 Å². The molecular weight excluding hydrogens is 332 g/mol. The Balaban J connectivity index is 2.22. The summed E-state index contributed by atoms with van der Waals surface area (Å²) in [7, 11) is 2.89. The molecule has 0 amide bonds. The van der Waals surface area contributed by atoms with E-state index in [-0.39, 0.29) is 23.2 Å². The molecule has 5 heteroatoms. The maximum Gasteiger partial charge on any atom is 0.336 e. The van der Waals surface area contributed by atoms with E-state index in [0.717, 1.165) is 11.1 Å². The maximum absolute atomic E-state index is 12.2. The van der Waals surface area contributed by atoms with Crippen LogP contribution in [0, 0.1) is 6.92 Å². The minimum Gasteiger partial charge on any atom is -0.502 e. The minimum absolute atomic E-state index is 0.0870. The number of carbonyl (C=O) groups excluding carboxylic acids is 1. The van der Waals surface area contributed by atoms with Crippen molar-refractivity contribution in [3.05, 3.63) is 53.1 Å². The highest BCUT2D eigenvalue weighted by Gasteiger charge is 2.12. The van der Waals surface area contributed by atoms with Gasteiger partial charge in [-0.15, -0.1) is 0 Å². The molecule has 0 aliphatic carbocycles. The van der Waals surface area contributed by atoms with Gasteiger partial charge in [-0.25, -0.2) is 4.79 Å². The summed E-state index contributed by atoms with van der Waals surface area (Å²) in [5.74, 6) is 0.763. The number of ether oxygens (including phenoxy) is 3. The predicted octanol–water partition coefficient (Wildman–Crippen LogP) is 4.46. The second-order valence-corrected chi connectivity index (χ2v) is 6.22. The number of benzene rings is 2. The van der Waals surface area contributed by atoms with Gasteiger partial charge in [0, 0.05) is 6.08 Å². The molecule has 0 radical (unpaired) electrons. The summed E-state index contributed by atoms with van der Waals surface area (Å²) in [6.07, 6.45) is 2.91. The number of carbonyl (C=O) groups is 1. The highest BCUT2D eigenvalue weighted by atomic mass is 16.5. The molecule has 2 aromatic carbocycles. The molecule has 0 spiro atoms. The monoisotopic (exact) mass is 356 g/mol. The van der Waals surface area contributed by atoms with Crippen molar-refractivity contribution in [3.63, 3.8) is 0 Å². The first-order valence-electron chi connectivity index (χ1n) is 8.31. The van der Waals surface area contributed by atoms with E-state index in [1.54, 1.807) is 18.2 Å². The lowest BCUT2D eigenvalue weighted by Gasteiger charge is -2.12. The molecule has 0 saturated carbocycles. The van der Waals surface area contributed by atoms with Crippen LogP contribution in [-0.4, -0.2) is 25.3 Å². The fourth-order valence-corrected chi connectivity index (χ4v) is 2.52. The van der Waals surface area contributed by atoms with E-state index in [1.165, 1.54) is 20.3 Å². The van der Waals surface area contributed by atoms with Gasteiger partial charge in [0.15, 0.2) is 11.5 Å². The molecule has 138 valence electrons. The lowest BCUT2D eigenvalue weighted by Crippen LogP contribution is -2.06. The first kappa shape index (κ1) is 19.4. The standard InChI is InChI=1S/C21H24O5/c1-13(2)16-8-6-14(3)10-17(16)26-20(22)9-7-15-11-18(24-4)21(23)19(12-15)25-5/h6-13,23H,1-5H3/b9-7+. The summed E-state index contributed by atoms with van der Waals surface area (Å²) in [4.78, 5) is 12.2. The molecule has 0 atom stereocenters. The predicted molar refractivity (Wildman–Crippen MR) is 101 cm³/mol. The maximum atomic E-state index is 12.2. The molecule has 2 rings (SSSR count). The molecule has 0 aliphatic heterocycles. The van der Waals surface area contributed by atoms with Crippen molar-refractivity contribution >= 4 is 12.0 Å². The summed E-state index contributed by atoms with van der Waals surface area (Å²) in [5.41, 5.74) is 2.64. The van der Waals surface area contributed by atoms with E-state index < -0.39 is 5.97 Å². The Labute approximate surface area is 153 Å². The van der Waals surface area contributed by atoms with Gasteiger partial charge in [0.1, 0.15) is 5.75 Å². The highest BCUT2D eigenvalue weighted by Crippen LogP contribution is 2.37.